The van der Waals surface area contributed by atoms with E-state index in [2.05, 4.69) is 49.8 Å². The van der Waals surface area contributed by atoms with Gasteiger partial charge in [0, 0.05) is 36.1 Å². The van der Waals surface area contributed by atoms with Gasteiger partial charge in [-0.1, -0.05) is 13.8 Å². The van der Waals surface area contributed by atoms with Crippen molar-refractivity contribution >= 4 is 11.3 Å². The first-order valence-electron chi connectivity index (χ1n) is 6.85. The van der Waals surface area contributed by atoms with Crippen LogP contribution in [-0.4, -0.2) is 35.1 Å². The summed E-state index contributed by atoms with van der Waals surface area (Å²) in [5.74, 6) is 0. The Morgan fingerprint density at radius 1 is 1.28 bits per heavy atom. The predicted octanol–water partition coefficient (Wildman–Crippen LogP) is 2.92. The summed E-state index contributed by atoms with van der Waals surface area (Å²) in [6, 6.07) is 0. The standard InChI is InChI=1S/C14H27N3S/c1-6-17(7-2)9-8-13-15-10-12(18-13)11-16-14(3,4)5/h10,16H,6-9,11H2,1-5H3. The van der Waals surface area contributed by atoms with Crippen molar-refractivity contribution in [1.29, 1.82) is 0 Å². The zero-order valence-electron chi connectivity index (χ0n) is 12.4. The second-order valence-electron chi connectivity index (χ2n) is 5.60. The lowest BCUT2D eigenvalue weighted by atomic mass is 10.1. The molecule has 0 saturated carbocycles. The van der Waals surface area contributed by atoms with Crippen LogP contribution in [0, 0.1) is 0 Å². The maximum absolute atomic E-state index is 4.51. The van der Waals surface area contributed by atoms with E-state index in [9.17, 15) is 0 Å². The topological polar surface area (TPSA) is 28.2 Å². The summed E-state index contributed by atoms with van der Waals surface area (Å²) >= 11 is 1.84. The van der Waals surface area contributed by atoms with Crippen molar-refractivity contribution in [3.63, 3.8) is 0 Å². The fourth-order valence-electron chi connectivity index (χ4n) is 1.69. The Morgan fingerprint density at radius 3 is 2.50 bits per heavy atom. The van der Waals surface area contributed by atoms with Crippen molar-refractivity contribution in [3.05, 3.63) is 16.1 Å². The zero-order valence-corrected chi connectivity index (χ0v) is 13.2. The van der Waals surface area contributed by atoms with Crippen LogP contribution in [0.25, 0.3) is 0 Å². The molecule has 0 aliphatic rings. The number of hydrogen-bond acceptors (Lipinski definition) is 4. The molecule has 0 atom stereocenters. The molecule has 0 aliphatic carbocycles. The van der Waals surface area contributed by atoms with Crippen LogP contribution in [0.2, 0.25) is 0 Å². The first-order valence-corrected chi connectivity index (χ1v) is 7.67. The SMILES string of the molecule is CCN(CC)CCc1ncc(CNC(C)(C)C)s1. The molecule has 0 saturated heterocycles. The van der Waals surface area contributed by atoms with Crippen molar-refractivity contribution in [2.24, 2.45) is 0 Å². The van der Waals surface area contributed by atoms with Crippen LogP contribution in [0.4, 0.5) is 0 Å². The second kappa shape index (κ2) is 7.22. The van der Waals surface area contributed by atoms with E-state index >= 15 is 0 Å². The first-order chi connectivity index (χ1) is 8.44. The molecule has 0 fully saturated rings. The van der Waals surface area contributed by atoms with E-state index in [0.717, 1.165) is 32.6 Å². The van der Waals surface area contributed by atoms with Gasteiger partial charge in [0.05, 0.1) is 5.01 Å². The normalized spacial score (nSPS) is 12.3. The molecule has 4 heteroatoms. The van der Waals surface area contributed by atoms with Crippen molar-refractivity contribution in [2.75, 3.05) is 19.6 Å². The molecule has 0 aliphatic heterocycles. The van der Waals surface area contributed by atoms with Crippen molar-refractivity contribution in [3.8, 4) is 0 Å². The van der Waals surface area contributed by atoms with Gasteiger partial charge < -0.3 is 10.2 Å². The molecule has 0 unspecified atom stereocenters. The van der Waals surface area contributed by atoms with Gasteiger partial charge >= 0.3 is 0 Å². The minimum Gasteiger partial charge on any atom is -0.307 e. The fraction of sp³-hybridized carbons (Fsp3) is 0.786. The summed E-state index contributed by atoms with van der Waals surface area (Å²) in [4.78, 5) is 8.28. The lowest BCUT2D eigenvalue weighted by molar-refractivity contribution is 0.308. The average Bonchev–Trinajstić information content (AvgIpc) is 2.75. The van der Waals surface area contributed by atoms with Crippen molar-refractivity contribution < 1.29 is 0 Å². The van der Waals surface area contributed by atoms with Crippen LogP contribution in [0.3, 0.4) is 0 Å². The van der Waals surface area contributed by atoms with E-state index in [1.54, 1.807) is 0 Å². The van der Waals surface area contributed by atoms with Gasteiger partial charge in [0.2, 0.25) is 0 Å². The van der Waals surface area contributed by atoms with Crippen molar-refractivity contribution in [2.45, 2.75) is 53.1 Å². The quantitative estimate of drug-likeness (QED) is 0.825. The number of nitrogens with zero attached hydrogens (tertiary/aromatic N) is 2. The number of likely N-dealkylation sites (N-methyl/N-ethyl adjacent to an activating group) is 1. The Morgan fingerprint density at radius 2 is 1.94 bits per heavy atom. The summed E-state index contributed by atoms with van der Waals surface area (Å²) in [5.41, 5.74) is 0.172. The molecule has 0 spiro atoms. The molecule has 1 N–H and O–H groups in total. The molecular formula is C14H27N3S. The van der Waals surface area contributed by atoms with E-state index in [1.807, 2.05) is 17.5 Å². The van der Waals surface area contributed by atoms with Gasteiger partial charge in [-0.15, -0.1) is 11.3 Å². The maximum atomic E-state index is 4.51. The van der Waals surface area contributed by atoms with Crippen LogP contribution in [0.5, 0.6) is 0 Å². The predicted molar refractivity (Wildman–Crippen MR) is 80.2 cm³/mol. The van der Waals surface area contributed by atoms with Gasteiger partial charge in [0.25, 0.3) is 0 Å². The lowest BCUT2D eigenvalue weighted by Gasteiger charge is -2.19. The highest BCUT2D eigenvalue weighted by Gasteiger charge is 2.10. The highest BCUT2D eigenvalue weighted by Crippen LogP contribution is 2.15. The van der Waals surface area contributed by atoms with E-state index < -0.39 is 0 Å². The van der Waals surface area contributed by atoms with Crippen LogP contribution >= 0.6 is 11.3 Å². The molecule has 18 heavy (non-hydrogen) atoms. The largest absolute Gasteiger partial charge is 0.307 e. The van der Waals surface area contributed by atoms with Crippen LogP contribution in [-0.2, 0) is 13.0 Å². The third-order valence-electron chi connectivity index (χ3n) is 2.93. The maximum Gasteiger partial charge on any atom is 0.0940 e. The van der Waals surface area contributed by atoms with Gasteiger partial charge in [-0.3, -0.25) is 0 Å². The summed E-state index contributed by atoms with van der Waals surface area (Å²) in [6.45, 7) is 15.3. The van der Waals surface area contributed by atoms with E-state index in [-0.39, 0.29) is 5.54 Å². The fourth-order valence-corrected chi connectivity index (χ4v) is 2.54. The summed E-state index contributed by atoms with van der Waals surface area (Å²) < 4.78 is 0. The van der Waals surface area contributed by atoms with Gasteiger partial charge in [0.1, 0.15) is 0 Å². The molecule has 0 amide bonds. The minimum atomic E-state index is 0.172. The molecular weight excluding hydrogens is 242 g/mol. The number of rotatable bonds is 7. The highest BCUT2D eigenvalue weighted by atomic mass is 32.1. The molecule has 1 rings (SSSR count). The Bertz CT molecular complexity index is 337. The van der Waals surface area contributed by atoms with E-state index in [1.165, 1.54) is 9.88 Å². The molecule has 3 nitrogen and oxygen atoms in total. The first kappa shape index (κ1) is 15.6. The minimum absolute atomic E-state index is 0.172. The van der Waals surface area contributed by atoms with Crippen LogP contribution < -0.4 is 5.32 Å². The van der Waals surface area contributed by atoms with Crippen molar-refractivity contribution in [1.82, 2.24) is 15.2 Å². The Balaban J connectivity index is 2.39. The molecule has 1 aromatic heterocycles. The molecule has 0 radical (unpaired) electrons. The number of hydrogen-bond donors (Lipinski definition) is 1. The van der Waals surface area contributed by atoms with Crippen LogP contribution in [0.15, 0.2) is 6.20 Å². The average molecular weight is 269 g/mol. The number of nitrogens with one attached hydrogen (secondary N) is 1. The highest BCUT2D eigenvalue weighted by molar-refractivity contribution is 7.11. The molecule has 1 heterocycles. The van der Waals surface area contributed by atoms with Gasteiger partial charge in [-0.05, 0) is 33.9 Å². The Labute approximate surface area is 116 Å². The molecule has 0 aromatic carbocycles. The lowest BCUT2D eigenvalue weighted by Crippen LogP contribution is -2.34. The molecule has 104 valence electrons. The summed E-state index contributed by atoms with van der Waals surface area (Å²) in [5, 5.41) is 4.76. The van der Waals surface area contributed by atoms with E-state index in [4.69, 9.17) is 0 Å². The Hall–Kier alpha value is -0.450. The van der Waals surface area contributed by atoms with Crippen LogP contribution in [0.1, 0.15) is 44.5 Å². The van der Waals surface area contributed by atoms with E-state index in [0.29, 0.717) is 0 Å². The summed E-state index contributed by atoms with van der Waals surface area (Å²) in [6.07, 6.45) is 3.09. The summed E-state index contributed by atoms with van der Waals surface area (Å²) in [7, 11) is 0. The molecule has 1 aromatic rings. The smallest absolute Gasteiger partial charge is 0.0940 e. The monoisotopic (exact) mass is 269 g/mol. The zero-order chi connectivity index (χ0) is 13.6. The third kappa shape index (κ3) is 5.94. The van der Waals surface area contributed by atoms with Gasteiger partial charge in [-0.25, -0.2) is 4.98 Å². The van der Waals surface area contributed by atoms with Gasteiger partial charge in [0.15, 0.2) is 0 Å². The number of aromatic nitrogens is 1. The third-order valence-corrected chi connectivity index (χ3v) is 3.99. The van der Waals surface area contributed by atoms with Gasteiger partial charge in [-0.2, -0.15) is 0 Å². The Kier molecular flexibility index (Phi) is 6.26. The number of thiazole rings is 1. The molecule has 0 bridgehead atoms. The second-order valence-corrected chi connectivity index (χ2v) is 6.80.